The quantitative estimate of drug-likeness (QED) is 0.607. The minimum absolute atomic E-state index is 0.673. The topological polar surface area (TPSA) is 29.0 Å². The van der Waals surface area contributed by atoms with Crippen LogP contribution in [0.3, 0.4) is 0 Å². The Kier molecular flexibility index (Phi) is 3.68. The van der Waals surface area contributed by atoms with Crippen LogP contribution in [0.1, 0.15) is 37.8 Å². The molecule has 0 amide bonds. The maximum Gasteiger partial charge on any atom is 0.134 e. The maximum absolute atomic E-state index is 4.58. The van der Waals surface area contributed by atoms with Gasteiger partial charge in [-0.15, -0.1) is 11.8 Å². The largest absolute Gasteiger partial charge is 0.302 e. The fourth-order valence-corrected chi connectivity index (χ4v) is 4.78. The van der Waals surface area contributed by atoms with Gasteiger partial charge in [-0.25, -0.2) is 0 Å². The van der Waals surface area contributed by atoms with Crippen molar-refractivity contribution in [3.8, 4) is 0 Å². The molecule has 0 radical (unpaired) electrons. The van der Waals surface area contributed by atoms with Crippen LogP contribution in [0, 0.1) is 5.92 Å². The number of thioether (sulfide) groups is 1. The second-order valence-corrected chi connectivity index (χ2v) is 6.68. The molecule has 0 spiro atoms. The lowest BCUT2D eigenvalue weighted by Crippen LogP contribution is -2.22. The van der Waals surface area contributed by atoms with Gasteiger partial charge in [-0.1, -0.05) is 13.3 Å². The summed E-state index contributed by atoms with van der Waals surface area (Å²) < 4.78 is 9.07. The van der Waals surface area contributed by atoms with Gasteiger partial charge in [-0.3, -0.25) is 0 Å². The van der Waals surface area contributed by atoms with Gasteiger partial charge in [0.05, 0.1) is 17.4 Å². The molecule has 3 nitrogen and oxygen atoms in total. The smallest absolute Gasteiger partial charge is 0.134 e. The molecule has 2 aliphatic heterocycles. The normalized spacial score (nSPS) is 31.2. The van der Waals surface area contributed by atoms with Gasteiger partial charge in [0.25, 0.3) is 0 Å². The summed E-state index contributed by atoms with van der Waals surface area (Å²) in [6, 6.07) is 0. The SMILES string of the molecule is CCCCSc1nsnc1[C@H]1CN2CC[C@@H]1C2. The molecule has 0 saturated carbocycles. The molecule has 3 heterocycles. The number of unbranched alkanes of at least 4 members (excludes halogenated alkanes) is 1. The first-order valence-electron chi connectivity index (χ1n) is 6.56. The van der Waals surface area contributed by atoms with Crippen molar-refractivity contribution in [1.29, 1.82) is 0 Å². The lowest BCUT2D eigenvalue weighted by molar-refractivity contribution is 0.342. The summed E-state index contributed by atoms with van der Waals surface area (Å²) in [5.41, 5.74) is 1.31. The molecule has 5 heteroatoms. The average Bonchev–Trinajstić information content (AvgIpc) is 3.04. The highest BCUT2D eigenvalue weighted by atomic mass is 32.2. The molecular weight excluding hydrogens is 250 g/mol. The molecule has 3 atom stereocenters. The van der Waals surface area contributed by atoms with E-state index in [4.69, 9.17) is 0 Å². The second-order valence-electron chi connectivity index (χ2n) is 5.07. The van der Waals surface area contributed by atoms with E-state index in [1.165, 1.54) is 67.1 Å². The van der Waals surface area contributed by atoms with Gasteiger partial charge in [-0.05, 0) is 31.1 Å². The van der Waals surface area contributed by atoms with Gasteiger partial charge in [0, 0.05) is 19.0 Å². The maximum atomic E-state index is 4.58. The van der Waals surface area contributed by atoms with Gasteiger partial charge in [0.2, 0.25) is 0 Å². The predicted molar refractivity (Wildman–Crippen MR) is 72.8 cm³/mol. The summed E-state index contributed by atoms with van der Waals surface area (Å²) in [6.07, 6.45) is 3.91. The van der Waals surface area contributed by atoms with Crippen LogP contribution in [-0.4, -0.2) is 39.0 Å². The van der Waals surface area contributed by atoms with Crippen LogP contribution in [0.15, 0.2) is 5.03 Å². The average molecular weight is 269 g/mol. The van der Waals surface area contributed by atoms with Crippen molar-refractivity contribution in [3.05, 3.63) is 5.69 Å². The molecule has 1 unspecified atom stereocenters. The third-order valence-electron chi connectivity index (χ3n) is 3.90. The number of piperidine rings is 1. The molecular formula is C12H19N3S2. The summed E-state index contributed by atoms with van der Waals surface area (Å²) >= 11 is 3.31. The number of rotatable bonds is 5. The van der Waals surface area contributed by atoms with Gasteiger partial charge in [0.1, 0.15) is 5.03 Å². The van der Waals surface area contributed by atoms with E-state index in [0.29, 0.717) is 5.92 Å². The summed E-state index contributed by atoms with van der Waals surface area (Å²) in [5.74, 6) is 2.71. The monoisotopic (exact) mass is 269 g/mol. The van der Waals surface area contributed by atoms with Crippen LogP contribution in [0.25, 0.3) is 0 Å². The molecule has 2 bridgehead atoms. The molecule has 3 rings (SSSR count). The summed E-state index contributed by atoms with van der Waals surface area (Å²) in [6.45, 7) is 6.06. The Morgan fingerprint density at radius 3 is 3.06 bits per heavy atom. The van der Waals surface area contributed by atoms with E-state index in [-0.39, 0.29) is 0 Å². The third kappa shape index (κ3) is 2.37. The van der Waals surface area contributed by atoms with Crippen LogP contribution in [0.2, 0.25) is 0 Å². The van der Waals surface area contributed by atoms with Crippen molar-refractivity contribution in [2.24, 2.45) is 5.92 Å². The number of nitrogens with zero attached hydrogens (tertiary/aromatic N) is 3. The number of aromatic nitrogens is 2. The van der Waals surface area contributed by atoms with Crippen molar-refractivity contribution < 1.29 is 0 Å². The molecule has 0 aromatic carbocycles. The minimum atomic E-state index is 0.673. The Morgan fingerprint density at radius 2 is 2.35 bits per heavy atom. The molecule has 2 saturated heterocycles. The van der Waals surface area contributed by atoms with Crippen LogP contribution in [0.5, 0.6) is 0 Å². The van der Waals surface area contributed by atoms with Crippen LogP contribution in [0.4, 0.5) is 0 Å². The van der Waals surface area contributed by atoms with Gasteiger partial charge in [0.15, 0.2) is 0 Å². The van der Waals surface area contributed by atoms with Gasteiger partial charge < -0.3 is 4.90 Å². The Labute approximate surface area is 111 Å². The summed E-state index contributed by atoms with van der Waals surface area (Å²) in [5, 5.41) is 1.22. The number of fused-ring (bicyclic) bond motifs is 2. The molecule has 2 fully saturated rings. The van der Waals surface area contributed by atoms with Crippen molar-refractivity contribution >= 4 is 23.5 Å². The first kappa shape index (κ1) is 11.9. The first-order chi connectivity index (χ1) is 8.38. The molecule has 1 aromatic heterocycles. The molecule has 17 heavy (non-hydrogen) atoms. The Morgan fingerprint density at radius 1 is 1.41 bits per heavy atom. The standard InChI is InChI=1S/C12H19N3S2/c1-2-3-6-16-12-11(13-17-14-12)10-8-15-5-4-9(10)7-15/h9-10H,2-8H2,1H3/t9-,10+/m1/s1. The van der Waals surface area contributed by atoms with Crippen molar-refractivity contribution in [2.45, 2.75) is 37.1 Å². The molecule has 1 aromatic rings. The summed E-state index contributed by atoms with van der Waals surface area (Å²) in [7, 11) is 0. The second kappa shape index (κ2) is 5.24. The highest BCUT2D eigenvalue weighted by Gasteiger charge is 2.41. The van der Waals surface area contributed by atoms with Gasteiger partial charge >= 0.3 is 0 Å². The third-order valence-corrected chi connectivity index (χ3v) is 5.63. The molecule has 94 valence electrons. The Bertz CT molecular complexity index is 380. The zero-order valence-corrected chi connectivity index (χ0v) is 11.9. The highest BCUT2D eigenvalue weighted by molar-refractivity contribution is 7.99. The molecule has 0 aliphatic carbocycles. The van der Waals surface area contributed by atoms with E-state index in [1.54, 1.807) is 0 Å². The van der Waals surface area contributed by atoms with Gasteiger partial charge in [-0.2, -0.15) is 8.75 Å². The molecule has 2 aliphatic rings. The Balaban J connectivity index is 1.68. The van der Waals surface area contributed by atoms with Crippen LogP contribution in [-0.2, 0) is 0 Å². The van der Waals surface area contributed by atoms with Crippen LogP contribution >= 0.6 is 23.5 Å². The van der Waals surface area contributed by atoms with Crippen LogP contribution < -0.4 is 0 Å². The van der Waals surface area contributed by atoms with Crippen molar-refractivity contribution in [1.82, 2.24) is 13.6 Å². The number of hydrogen-bond donors (Lipinski definition) is 0. The fourth-order valence-electron chi connectivity index (χ4n) is 2.92. The lowest BCUT2D eigenvalue weighted by Gasteiger charge is -2.20. The van der Waals surface area contributed by atoms with E-state index in [9.17, 15) is 0 Å². The van der Waals surface area contributed by atoms with E-state index in [0.717, 1.165) is 5.92 Å². The fraction of sp³-hybridized carbons (Fsp3) is 0.833. The van der Waals surface area contributed by atoms with E-state index in [1.807, 2.05) is 11.8 Å². The zero-order chi connectivity index (χ0) is 11.7. The lowest BCUT2D eigenvalue weighted by atomic mass is 9.90. The van der Waals surface area contributed by atoms with Crippen molar-refractivity contribution in [3.63, 3.8) is 0 Å². The summed E-state index contributed by atoms with van der Waals surface area (Å²) in [4.78, 5) is 2.58. The Hall–Kier alpha value is -0.130. The minimum Gasteiger partial charge on any atom is -0.302 e. The van der Waals surface area contributed by atoms with E-state index < -0.39 is 0 Å². The molecule has 0 N–H and O–H groups in total. The van der Waals surface area contributed by atoms with E-state index >= 15 is 0 Å². The van der Waals surface area contributed by atoms with Crippen molar-refractivity contribution in [2.75, 3.05) is 25.4 Å². The zero-order valence-electron chi connectivity index (χ0n) is 10.3. The predicted octanol–water partition coefficient (Wildman–Crippen LogP) is 2.85. The van der Waals surface area contributed by atoms with E-state index in [2.05, 4.69) is 20.6 Å². The first-order valence-corrected chi connectivity index (χ1v) is 8.27. The number of hydrogen-bond acceptors (Lipinski definition) is 5. The highest BCUT2D eigenvalue weighted by Crippen LogP contribution is 2.42.